The third kappa shape index (κ3) is 1.62. The van der Waals surface area contributed by atoms with Crippen molar-refractivity contribution in [2.45, 2.75) is 25.3 Å². The molecule has 3 rings (SSSR count). The number of hydrogen-bond acceptors (Lipinski definition) is 1. The Kier molecular flexibility index (Phi) is 2.39. The third-order valence-corrected chi connectivity index (χ3v) is 3.71. The maximum Gasteiger partial charge on any atom is 0.222 e. The minimum atomic E-state index is 0.229. The number of carbonyl (C=O) groups excluding carboxylic acids is 1. The number of carbonyl (C=O) groups is 1. The molecule has 0 radical (unpaired) electrons. The molecule has 1 aromatic heterocycles. The van der Waals surface area contributed by atoms with Crippen LogP contribution in [0.1, 0.15) is 30.9 Å². The van der Waals surface area contributed by atoms with Crippen molar-refractivity contribution in [1.29, 1.82) is 0 Å². The van der Waals surface area contributed by atoms with Crippen LogP contribution in [0.2, 0.25) is 0 Å². The number of para-hydroxylation sites is 1. The monoisotopic (exact) mass is 228 g/mol. The molecule has 1 aliphatic rings. The summed E-state index contributed by atoms with van der Waals surface area (Å²) >= 11 is 0. The zero-order valence-corrected chi connectivity index (χ0v) is 9.94. The van der Waals surface area contributed by atoms with Crippen LogP contribution >= 0.6 is 0 Å². The van der Waals surface area contributed by atoms with E-state index in [4.69, 9.17) is 0 Å². The highest BCUT2D eigenvalue weighted by Crippen LogP contribution is 2.34. The summed E-state index contributed by atoms with van der Waals surface area (Å²) in [5.74, 6) is 0.256. The zero-order valence-electron chi connectivity index (χ0n) is 9.94. The van der Waals surface area contributed by atoms with E-state index in [1.54, 1.807) is 0 Å². The van der Waals surface area contributed by atoms with Gasteiger partial charge in [-0.25, -0.2) is 0 Å². The molecular weight excluding hydrogens is 212 g/mol. The van der Waals surface area contributed by atoms with Crippen molar-refractivity contribution in [3.8, 4) is 0 Å². The number of fused-ring (bicyclic) bond motifs is 1. The first-order chi connectivity index (χ1) is 8.27. The molecule has 1 atom stereocenters. The van der Waals surface area contributed by atoms with Gasteiger partial charge in [-0.1, -0.05) is 18.2 Å². The van der Waals surface area contributed by atoms with Crippen LogP contribution in [-0.2, 0) is 4.79 Å². The number of aromatic amines is 1. The molecule has 1 aromatic carbocycles. The fourth-order valence-corrected chi connectivity index (χ4v) is 2.72. The molecule has 3 nitrogen and oxygen atoms in total. The Hall–Kier alpha value is -1.77. The van der Waals surface area contributed by atoms with E-state index < -0.39 is 0 Å². The fourth-order valence-electron chi connectivity index (χ4n) is 2.72. The van der Waals surface area contributed by atoms with Crippen LogP contribution in [-0.4, -0.2) is 22.8 Å². The van der Waals surface area contributed by atoms with E-state index in [2.05, 4.69) is 17.1 Å². The highest BCUT2D eigenvalue weighted by Gasteiger charge is 2.27. The van der Waals surface area contributed by atoms with Crippen molar-refractivity contribution in [3.63, 3.8) is 0 Å². The Morgan fingerprint density at radius 2 is 2.18 bits per heavy atom. The Labute approximate surface area is 100 Å². The Morgan fingerprint density at radius 3 is 3.06 bits per heavy atom. The predicted molar refractivity (Wildman–Crippen MR) is 67.7 cm³/mol. The van der Waals surface area contributed by atoms with E-state index in [1.807, 2.05) is 30.3 Å². The molecule has 0 bridgehead atoms. The molecule has 1 amide bonds. The average Bonchev–Trinajstić information content (AvgIpc) is 2.77. The van der Waals surface area contributed by atoms with Gasteiger partial charge in [0.2, 0.25) is 5.91 Å². The molecule has 2 aromatic rings. The summed E-state index contributed by atoms with van der Waals surface area (Å²) in [5.41, 5.74) is 2.39. The maximum absolute atomic E-state index is 11.8. The van der Waals surface area contributed by atoms with Crippen LogP contribution in [0.25, 0.3) is 10.9 Å². The fraction of sp³-hybridized carbons (Fsp3) is 0.357. The quantitative estimate of drug-likeness (QED) is 0.800. The van der Waals surface area contributed by atoms with Gasteiger partial charge in [-0.3, -0.25) is 4.79 Å². The van der Waals surface area contributed by atoms with E-state index in [1.165, 1.54) is 10.9 Å². The van der Waals surface area contributed by atoms with Crippen LogP contribution in [0.5, 0.6) is 0 Å². The molecule has 0 spiro atoms. The van der Waals surface area contributed by atoms with Crippen LogP contribution in [0.15, 0.2) is 30.5 Å². The SMILES string of the molecule is CN1C(=O)CCCC1c1c[nH]c2ccccc12. The number of nitrogens with one attached hydrogen (secondary N) is 1. The summed E-state index contributed by atoms with van der Waals surface area (Å²) < 4.78 is 0. The lowest BCUT2D eigenvalue weighted by Crippen LogP contribution is -2.34. The topological polar surface area (TPSA) is 36.1 Å². The number of aromatic nitrogens is 1. The number of benzene rings is 1. The maximum atomic E-state index is 11.8. The number of H-pyrrole nitrogens is 1. The molecule has 0 saturated carbocycles. The lowest BCUT2D eigenvalue weighted by Gasteiger charge is -2.32. The first-order valence-corrected chi connectivity index (χ1v) is 6.09. The number of nitrogens with zero attached hydrogens (tertiary/aromatic N) is 1. The molecule has 1 aliphatic heterocycles. The van der Waals surface area contributed by atoms with E-state index in [9.17, 15) is 4.79 Å². The largest absolute Gasteiger partial charge is 0.361 e. The smallest absolute Gasteiger partial charge is 0.222 e. The van der Waals surface area contributed by atoms with Gasteiger partial charge in [0.15, 0.2) is 0 Å². The Morgan fingerprint density at radius 1 is 1.35 bits per heavy atom. The molecule has 88 valence electrons. The molecule has 1 N–H and O–H groups in total. The van der Waals surface area contributed by atoms with Crippen LogP contribution in [0.3, 0.4) is 0 Å². The number of likely N-dealkylation sites (tertiary alicyclic amines) is 1. The average molecular weight is 228 g/mol. The lowest BCUT2D eigenvalue weighted by molar-refractivity contribution is -0.134. The number of hydrogen-bond donors (Lipinski definition) is 1. The summed E-state index contributed by atoms with van der Waals surface area (Å²) in [6, 6.07) is 8.49. The standard InChI is InChI=1S/C14H16N2O/c1-16-13(7-4-8-14(16)17)11-9-15-12-6-3-2-5-10(11)12/h2-3,5-6,9,13,15H,4,7-8H2,1H3. The van der Waals surface area contributed by atoms with Crippen molar-refractivity contribution in [2.75, 3.05) is 7.05 Å². The van der Waals surface area contributed by atoms with E-state index in [0.29, 0.717) is 6.42 Å². The van der Waals surface area contributed by atoms with Crippen LogP contribution in [0.4, 0.5) is 0 Å². The molecule has 1 saturated heterocycles. The van der Waals surface area contributed by atoms with Crippen molar-refractivity contribution in [3.05, 3.63) is 36.0 Å². The summed E-state index contributed by atoms with van der Waals surface area (Å²) in [5, 5.41) is 1.24. The predicted octanol–water partition coefficient (Wildman–Crippen LogP) is 2.85. The van der Waals surface area contributed by atoms with Gasteiger partial charge in [0.1, 0.15) is 0 Å². The lowest BCUT2D eigenvalue weighted by atomic mass is 9.95. The first kappa shape index (κ1) is 10.4. The highest BCUT2D eigenvalue weighted by atomic mass is 16.2. The van der Waals surface area contributed by atoms with E-state index in [-0.39, 0.29) is 11.9 Å². The van der Waals surface area contributed by atoms with Gasteiger partial charge in [0.05, 0.1) is 6.04 Å². The molecule has 1 fully saturated rings. The molecule has 0 aliphatic carbocycles. The van der Waals surface area contributed by atoms with Crippen molar-refractivity contribution < 1.29 is 4.79 Å². The van der Waals surface area contributed by atoms with Crippen molar-refractivity contribution in [2.24, 2.45) is 0 Å². The second-order valence-electron chi connectivity index (χ2n) is 4.70. The van der Waals surface area contributed by atoms with Gasteiger partial charge >= 0.3 is 0 Å². The van der Waals surface area contributed by atoms with Gasteiger partial charge in [-0.2, -0.15) is 0 Å². The highest BCUT2D eigenvalue weighted by molar-refractivity contribution is 5.85. The van der Waals surface area contributed by atoms with Gasteiger partial charge in [-0.15, -0.1) is 0 Å². The summed E-state index contributed by atoms with van der Waals surface area (Å²) in [6.45, 7) is 0. The van der Waals surface area contributed by atoms with Crippen molar-refractivity contribution in [1.82, 2.24) is 9.88 Å². The van der Waals surface area contributed by atoms with Gasteiger partial charge in [0.25, 0.3) is 0 Å². The van der Waals surface area contributed by atoms with E-state index >= 15 is 0 Å². The number of piperidine rings is 1. The Bertz CT molecular complexity index is 558. The number of amides is 1. The van der Waals surface area contributed by atoms with Gasteiger partial charge in [-0.05, 0) is 24.5 Å². The third-order valence-electron chi connectivity index (χ3n) is 3.71. The summed E-state index contributed by atoms with van der Waals surface area (Å²) in [7, 11) is 1.91. The Balaban J connectivity index is 2.06. The van der Waals surface area contributed by atoms with Crippen molar-refractivity contribution >= 4 is 16.8 Å². The summed E-state index contributed by atoms with van der Waals surface area (Å²) in [4.78, 5) is 16.9. The minimum Gasteiger partial charge on any atom is -0.361 e. The van der Waals surface area contributed by atoms with Crippen LogP contribution in [0, 0.1) is 0 Å². The molecular formula is C14H16N2O. The van der Waals surface area contributed by atoms with Gasteiger partial charge in [0, 0.05) is 30.6 Å². The second kappa shape index (κ2) is 3.91. The molecule has 1 unspecified atom stereocenters. The summed E-state index contributed by atoms with van der Waals surface area (Å²) in [6.07, 6.45) is 4.79. The normalized spacial score (nSPS) is 21.1. The van der Waals surface area contributed by atoms with E-state index in [0.717, 1.165) is 18.4 Å². The zero-order chi connectivity index (χ0) is 11.8. The molecule has 17 heavy (non-hydrogen) atoms. The molecule has 3 heteroatoms. The van der Waals surface area contributed by atoms with Gasteiger partial charge < -0.3 is 9.88 Å². The van der Waals surface area contributed by atoms with Crippen LogP contribution < -0.4 is 0 Å². The number of rotatable bonds is 1. The molecule has 2 heterocycles. The first-order valence-electron chi connectivity index (χ1n) is 6.09. The second-order valence-corrected chi connectivity index (χ2v) is 4.70. The minimum absolute atomic E-state index is 0.229.